The van der Waals surface area contributed by atoms with Gasteiger partial charge in [-0.25, -0.2) is 0 Å². The summed E-state index contributed by atoms with van der Waals surface area (Å²) in [6, 6.07) is 21.6. The summed E-state index contributed by atoms with van der Waals surface area (Å²) in [7, 11) is 3.31. The summed E-state index contributed by atoms with van der Waals surface area (Å²) < 4.78 is 17.2. The van der Waals surface area contributed by atoms with Gasteiger partial charge in [0.15, 0.2) is 17.3 Å². The molecule has 6 nitrogen and oxygen atoms in total. The lowest BCUT2D eigenvalue weighted by Crippen LogP contribution is -2.27. The number of hydrogen-bond donors (Lipinski definition) is 2. The van der Waals surface area contributed by atoms with Gasteiger partial charge in [-0.15, -0.1) is 0 Å². The number of methoxy groups -OCH3 is 2. The van der Waals surface area contributed by atoms with E-state index in [0.29, 0.717) is 24.3 Å². The third-order valence-electron chi connectivity index (χ3n) is 6.78. The average Bonchev–Trinajstić information content (AvgIpc) is 3.05. The van der Waals surface area contributed by atoms with Crippen LogP contribution < -0.4 is 24.8 Å². The highest BCUT2D eigenvalue weighted by Crippen LogP contribution is 2.46. The number of fused-ring (bicyclic) bond motifs is 1. The first-order valence-corrected chi connectivity index (χ1v) is 12.3. The SMILES string of the molecule is COc1cc(C2CC(=O)C3=C(C2)Nc2ccccc2NC3c2ccccc2OC)ccc1OC(C)C. The van der Waals surface area contributed by atoms with Gasteiger partial charge in [-0.3, -0.25) is 4.79 Å². The van der Waals surface area contributed by atoms with Crippen molar-refractivity contribution in [1.82, 2.24) is 0 Å². The van der Waals surface area contributed by atoms with Crippen LogP contribution in [0.4, 0.5) is 11.4 Å². The zero-order valence-corrected chi connectivity index (χ0v) is 21.1. The smallest absolute Gasteiger partial charge is 0.163 e. The summed E-state index contributed by atoms with van der Waals surface area (Å²) in [6.45, 7) is 3.98. The fourth-order valence-electron chi connectivity index (χ4n) is 5.16. The summed E-state index contributed by atoms with van der Waals surface area (Å²) in [5.74, 6) is 2.28. The van der Waals surface area contributed by atoms with Crippen molar-refractivity contribution in [2.45, 2.75) is 44.8 Å². The number of carbonyl (C=O) groups excluding carboxylic acids is 1. The molecule has 0 saturated heterocycles. The first-order valence-electron chi connectivity index (χ1n) is 12.3. The predicted octanol–water partition coefficient (Wildman–Crippen LogP) is 6.47. The third-order valence-corrected chi connectivity index (χ3v) is 6.78. The molecule has 1 heterocycles. The standard InChI is InChI=1S/C30H32N2O4/c1-18(2)36-27-14-13-19(17-28(27)35-4)20-15-24-29(25(33)16-20)30(21-9-5-8-12-26(21)34-3)32-23-11-7-6-10-22(23)31-24/h5-14,17-18,20,30-32H,15-16H2,1-4H3. The minimum absolute atomic E-state index is 0.0225. The molecule has 2 unspecified atom stereocenters. The van der Waals surface area contributed by atoms with E-state index < -0.39 is 0 Å². The van der Waals surface area contributed by atoms with Crippen LogP contribution in [0.3, 0.4) is 0 Å². The number of anilines is 2. The highest BCUT2D eigenvalue weighted by molar-refractivity contribution is 6.01. The van der Waals surface area contributed by atoms with Crippen molar-refractivity contribution >= 4 is 17.2 Å². The Balaban J connectivity index is 1.56. The molecule has 0 spiro atoms. The van der Waals surface area contributed by atoms with Crippen molar-refractivity contribution < 1.29 is 19.0 Å². The van der Waals surface area contributed by atoms with Crippen molar-refractivity contribution in [3.05, 3.63) is 89.1 Å². The molecule has 2 N–H and O–H groups in total. The van der Waals surface area contributed by atoms with E-state index in [4.69, 9.17) is 14.2 Å². The van der Waals surface area contributed by atoms with Gasteiger partial charge in [0.1, 0.15) is 5.75 Å². The maximum atomic E-state index is 13.8. The van der Waals surface area contributed by atoms with Crippen LogP contribution in [-0.4, -0.2) is 26.1 Å². The van der Waals surface area contributed by atoms with Crippen LogP contribution in [0.5, 0.6) is 17.2 Å². The first-order chi connectivity index (χ1) is 17.5. The Hall–Kier alpha value is -3.93. The fraction of sp³-hybridized carbons (Fsp3) is 0.300. The summed E-state index contributed by atoms with van der Waals surface area (Å²) >= 11 is 0. The van der Waals surface area contributed by atoms with Crippen LogP contribution in [0, 0.1) is 0 Å². The maximum absolute atomic E-state index is 13.8. The van der Waals surface area contributed by atoms with Gasteiger partial charge in [0.2, 0.25) is 0 Å². The van der Waals surface area contributed by atoms with Crippen LogP contribution in [0.1, 0.15) is 49.8 Å². The molecule has 0 aromatic heterocycles. The highest BCUT2D eigenvalue weighted by Gasteiger charge is 2.37. The van der Waals surface area contributed by atoms with Crippen molar-refractivity contribution in [3.63, 3.8) is 0 Å². The largest absolute Gasteiger partial charge is 0.496 e. The van der Waals surface area contributed by atoms with Crippen molar-refractivity contribution in [1.29, 1.82) is 0 Å². The number of para-hydroxylation sites is 3. The molecule has 0 fully saturated rings. The van der Waals surface area contributed by atoms with Crippen LogP contribution in [0.25, 0.3) is 0 Å². The molecular weight excluding hydrogens is 452 g/mol. The van der Waals surface area contributed by atoms with Crippen molar-refractivity contribution in [2.24, 2.45) is 0 Å². The van der Waals surface area contributed by atoms with Gasteiger partial charge in [0.25, 0.3) is 0 Å². The summed E-state index contributed by atoms with van der Waals surface area (Å²) in [5, 5.41) is 7.22. The van der Waals surface area contributed by atoms with Gasteiger partial charge < -0.3 is 24.8 Å². The molecule has 0 saturated carbocycles. The topological polar surface area (TPSA) is 68.8 Å². The molecule has 0 bridgehead atoms. The number of carbonyl (C=O) groups is 1. The molecule has 186 valence electrons. The Morgan fingerprint density at radius 1 is 0.833 bits per heavy atom. The Labute approximate surface area is 212 Å². The maximum Gasteiger partial charge on any atom is 0.163 e. The van der Waals surface area contributed by atoms with Gasteiger partial charge in [-0.1, -0.05) is 36.4 Å². The van der Waals surface area contributed by atoms with E-state index in [1.54, 1.807) is 14.2 Å². The lowest BCUT2D eigenvalue weighted by Gasteiger charge is -2.30. The Morgan fingerprint density at radius 3 is 2.31 bits per heavy atom. The molecule has 36 heavy (non-hydrogen) atoms. The molecule has 1 aliphatic carbocycles. The molecule has 2 atom stereocenters. The third kappa shape index (κ3) is 4.51. The number of Topliss-reactive ketones (excluding diaryl/α,β-unsaturated/α-hetero) is 1. The Bertz CT molecular complexity index is 1310. The van der Waals surface area contributed by atoms with Crippen LogP contribution >= 0.6 is 0 Å². The Kier molecular flexibility index (Phi) is 6.59. The number of allylic oxidation sites excluding steroid dienone is 1. The van der Waals surface area contributed by atoms with Gasteiger partial charge in [0.05, 0.1) is 37.7 Å². The summed E-state index contributed by atoms with van der Waals surface area (Å²) in [4.78, 5) is 13.8. The van der Waals surface area contributed by atoms with Crippen LogP contribution in [-0.2, 0) is 4.79 Å². The number of nitrogens with one attached hydrogen (secondary N) is 2. The normalized spacial score (nSPS) is 19.0. The number of hydrogen-bond acceptors (Lipinski definition) is 6. The first kappa shape index (κ1) is 23.8. The average molecular weight is 485 g/mol. The van der Waals surface area contributed by atoms with Crippen molar-refractivity contribution in [3.8, 4) is 17.2 Å². The molecule has 0 amide bonds. The number of ketones is 1. The second kappa shape index (κ2) is 9.97. The molecule has 2 aliphatic rings. The molecular formula is C30H32N2O4. The van der Waals surface area contributed by atoms with E-state index in [-0.39, 0.29) is 23.8 Å². The van der Waals surface area contributed by atoms with E-state index in [2.05, 4.69) is 10.6 Å². The molecule has 0 radical (unpaired) electrons. The molecule has 6 heteroatoms. The lowest BCUT2D eigenvalue weighted by molar-refractivity contribution is -0.116. The summed E-state index contributed by atoms with van der Waals surface area (Å²) in [6.07, 6.45) is 1.16. The quantitative estimate of drug-likeness (QED) is 0.418. The van der Waals surface area contributed by atoms with E-state index in [1.807, 2.05) is 80.6 Å². The zero-order valence-electron chi connectivity index (χ0n) is 21.1. The molecule has 1 aliphatic heterocycles. The van der Waals surface area contributed by atoms with Gasteiger partial charge >= 0.3 is 0 Å². The van der Waals surface area contributed by atoms with E-state index in [1.165, 1.54) is 0 Å². The Morgan fingerprint density at radius 2 is 1.56 bits per heavy atom. The van der Waals surface area contributed by atoms with E-state index in [9.17, 15) is 4.79 Å². The minimum atomic E-state index is -0.322. The van der Waals surface area contributed by atoms with Gasteiger partial charge in [-0.05, 0) is 62.1 Å². The number of rotatable bonds is 6. The lowest BCUT2D eigenvalue weighted by atomic mass is 9.78. The van der Waals surface area contributed by atoms with E-state index >= 15 is 0 Å². The van der Waals surface area contributed by atoms with Gasteiger partial charge in [-0.2, -0.15) is 0 Å². The predicted molar refractivity (Wildman–Crippen MR) is 142 cm³/mol. The number of ether oxygens (including phenoxy) is 3. The highest BCUT2D eigenvalue weighted by atomic mass is 16.5. The second-order valence-corrected chi connectivity index (χ2v) is 9.49. The van der Waals surface area contributed by atoms with Crippen LogP contribution in [0.2, 0.25) is 0 Å². The molecule has 3 aromatic rings. The number of benzene rings is 3. The summed E-state index contributed by atoms with van der Waals surface area (Å²) in [5.41, 5.74) is 5.60. The van der Waals surface area contributed by atoms with E-state index in [0.717, 1.165) is 39.5 Å². The molecule has 3 aromatic carbocycles. The zero-order chi connectivity index (χ0) is 25.2. The monoisotopic (exact) mass is 484 g/mol. The van der Waals surface area contributed by atoms with Crippen molar-refractivity contribution in [2.75, 3.05) is 24.9 Å². The molecule has 5 rings (SSSR count). The van der Waals surface area contributed by atoms with Gasteiger partial charge in [0, 0.05) is 23.3 Å². The van der Waals surface area contributed by atoms with Crippen LogP contribution in [0.15, 0.2) is 78.0 Å². The fourth-order valence-corrected chi connectivity index (χ4v) is 5.16. The minimum Gasteiger partial charge on any atom is -0.496 e. The second-order valence-electron chi connectivity index (χ2n) is 9.49.